The van der Waals surface area contributed by atoms with Crippen molar-refractivity contribution in [2.75, 3.05) is 7.11 Å². The van der Waals surface area contributed by atoms with Crippen molar-refractivity contribution in [1.82, 2.24) is 19.7 Å². The highest BCUT2D eigenvalue weighted by Gasteiger charge is 2.18. The van der Waals surface area contributed by atoms with Gasteiger partial charge in [0.2, 0.25) is 0 Å². The van der Waals surface area contributed by atoms with Crippen LogP contribution in [0.2, 0.25) is 0 Å². The van der Waals surface area contributed by atoms with Gasteiger partial charge < -0.3 is 14.8 Å². The van der Waals surface area contributed by atoms with Crippen molar-refractivity contribution in [3.63, 3.8) is 0 Å². The van der Waals surface area contributed by atoms with E-state index in [-0.39, 0.29) is 5.75 Å². The van der Waals surface area contributed by atoms with Gasteiger partial charge in [-0.25, -0.2) is 9.67 Å². The van der Waals surface area contributed by atoms with Gasteiger partial charge in [-0.05, 0) is 18.2 Å². The molecular formula is C18H16N4O2. The zero-order valence-electron chi connectivity index (χ0n) is 13.3. The van der Waals surface area contributed by atoms with E-state index in [0.29, 0.717) is 17.1 Å². The quantitative estimate of drug-likeness (QED) is 0.607. The zero-order chi connectivity index (χ0) is 16.7. The van der Waals surface area contributed by atoms with Crippen LogP contribution >= 0.6 is 0 Å². The average Bonchev–Trinajstić information content (AvgIpc) is 3.16. The van der Waals surface area contributed by atoms with Gasteiger partial charge in [0.25, 0.3) is 0 Å². The molecule has 0 aliphatic carbocycles. The number of hydrogen-bond acceptors (Lipinski definition) is 4. The number of benzene rings is 2. The first-order valence-corrected chi connectivity index (χ1v) is 7.53. The van der Waals surface area contributed by atoms with E-state index in [9.17, 15) is 5.11 Å². The van der Waals surface area contributed by atoms with Gasteiger partial charge >= 0.3 is 0 Å². The van der Waals surface area contributed by atoms with E-state index < -0.39 is 0 Å². The second kappa shape index (κ2) is 5.42. The highest BCUT2D eigenvalue weighted by molar-refractivity contribution is 5.90. The summed E-state index contributed by atoms with van der Waals surface area (Å²) in [6.07, 6.45) is 0. The summed E-state index contributed by atoms with van der Waals surface area (Å²) in [5, 5.41) is 14.3. The molecule has 0 saturated heterocycles. The number of aromatic amines is 1. The Balaban J connectivity index is 1.93. The molecule has 120 valence electrons. The topological polar surface area (TPSA) is 76.0 Å². The van der Waals surface area contributed by atoms with Crippen LogP contribution in [-0.2, 0) is 7.05 Å². The lowest BCUT2D eigenvalue weighted by atomic mass is 10.1. The molecular weight excluding hydrogens is 304 g/mol. The van der Waals surface area contributed by atoms with Crippen LogP contribution in [0.5, 0.6) is 11.5 Å². The van der Waals surface area contributed by atoms with Gasteiger partial charge in [0.05, 0.1) is 12.7 Å². The summed E-state index contributed by atoms with van der Waals surface area (Å²) in [4.78, 5) is 7.95. The fourth-order valence-electron chi connectivity index (χ4n) is 2.82. The van der Waals surface area contributed by atoms with Gasteiger partial charge in [-0.3, -0.25) is 0 Å². The maximum atomic E-state index is 9.79. The molecule has 0 aliphatic heterocycles. The van der Waals surface area contributed by atoms with E-state index in [1.54, 1.807) is 30.0 Å². The van der Waals surface area contributed by atoms with Crippen molar-refractivity contribution < 1.29 is 9.84 Å². The Morgan fingerprint density at radius 2 is 1.92 bits per heavy atom. The molecule has 0 bridgehead atoms. The third-order valence-electron chi connectivity index (χ3n) is 3.96. The summed E-state index contributed by atoms with van der Waals surface area (Å²) in [5.41, 5.74) is 4.15. The molecule has 4 rings (SSSR count). The molecule has 2 heterocycles. The number of nitrogens with one attached hydrogen (secondary N) is 1. The molecule has 2 aromatic carbocycles. The summed E-state index contributed by atoms with van der Waals surface area (Å²) < 4.78 is 7.12. The van der Waals surface area contributed by atoms with Crippen molar-refractivity contribution >= 4 is 11.2 Å². The minimum absolute atomic E-state index is 0.160. The second-order valence-corrected chi connectivity index (χ2v) is 5.51. The summed E-state index contributed by atoms with van der Waals surface area (Å²) in [5.74, 6) is 1.43. The highest BCUT2D eigenvalue weighted by atomic mass is 16.5. The first-order chi connectivity index (χ1) is 11.7. The molecule has 0 spiro atoms. The molecule has 0 amide bonds. The smallest absolute Gasteiger partial charge is 0.177 e. The van der Waals surface area contributed by atoms with E-state index in [1.807, 2.05) is 37.4 Å². The fraction of sp³-hybridized carbons (Fsp3) is 0.111. The zero-order valence-corrected chi connectivity index (χ0v) is 13.3. The van der Waals surface area contributed by atoms with E-state index in [0.717, 1.165) is 22.4 Å². The number of rotatable bonds is 3. The SMILES string of the molecule is COc1ccc(O)cc1-c1nc2c([nH]1)c(-c1ccccc1)nn2C. The predicted molar refractivity (Wildman–Crippen MR) is 91.9 cm³/mol. The minimum Gasteiger partial charge on any atom is -0.508 e. The van der Waals surface area contributed by atoms with Crippen LogP contribution in [0.3, 0.4) is 0 Å². The monoisotopic (exact) mass is 320 g/mol. The van der Waals surface area contributed by atoms with Crippen molar-refractivity contribution in [3.8, 4) is 34.1 Å². The Morgan fingerprint density at radius 1 is 1.12 bits per heavy atom. The molecule has 4 aromatic rings. The Kier molecular flexibility index (Phi) is 3.23. The van der Waals surface area contributed by atoms with E-state index in [2.05, 4.69) is 15.1 Å². The minimum atomic E-state index is 0.160. The van der Waals surface area contributed by atoms with Gasteiger partial charge in [-0.15, -0.1) is 0 Å². The molecule has 0 fully saturated rings. The Bertz CT molecular complexity index is 1020. The third kappa shape index (κ3) is 2.20. The number of imidazole rings is 1. The molecule has 6 nitrogen and oxygen atoms in total. The first-order valence-electron chi connectivity index (χ1n) is 7.53. The third-order valence-corrected chi connectivity index (χ3v) is 3.96. The maximum absolute atomic E-state index is 9.79. The molecule has 0 radical (unpaired) electrons. The van der Waals surface area contributed by atoms with Crippen LogP contribution in [-0.4, -0.2) is 32.0 Å². The normalized spacial score (nSPS) is 11.1. The Morgan fingerprint density at radius 3 is 2.67 bits per heavy atom. The van der Waals surface area contributed by atoms with Gasteiger partial charge in [0.1, 0.15) is 28.5 Å². The number of fused-ring (bicyclic) bond motifs is 1. The molecule has 0 saturated carbocycles. The van der Waals surface area contributed by atoms with Crippen molar-refractivity contribution in [2.45, 2.75) is 0 Å². The average molecular weight is 320 g/mol. The molecule has 2 N–H and O–H groups in total. The Hall–Kier alpha value is -3.28. The summed E-state index contributed by atoms with van der Waals surface area (Å²) in [7, 11) is 3.45. The molecule has 6 heteroatoms. The summed E-state index contributed by atoms with van der Waals surface area (Å²) in [6, 6.07) is 14.9. The highest BCUT2D eigenvalue weighted by Crippen LogP contribution is 2.34. The molecule has 0 aliphatic rings. The molecule has 0 unspecified atom stereocenters. The van der Waals surface area contributed by atoms with Crippen LogP contribution in [0.1, 0.15) is 0 Å². The molecule has 2 aromatic heterocycles. The van der Waals surface area contributed by atoms with Crippen molar-refractivity contribution in [3.05, 3.63) is 48.5 Å². The summed E-state index contributed by atoms with van der Waals surface area (Å²) >= 11 is 0. The van der Waals surface area contributed by atoms with Gasteiger partial charge in [0.15, 0.2) is 5.65 Å². The lowest BCUT2D eigenvalue weighted by Crippen LogP contribution is -1.93. The first kappa shape index (κ1) is 14.3. The van der Waals surface area contributed by atoms with Gasteiger partial charge in [-0.1, -0.05) is 30.3 Å². The largest absolute Gasteiger partial charge is 0.508 e. The van der Waals surface area contributed by atoms with Crippen LogP contribution in [0.25, 0.3) is 33.8 Å². The van der Waals surface area contributed by atoms with Gasteiger partial charge in [0, 0.05) is 12.6 Å². The van der Waals surface area contributed by atoms with Crippen LogP contribution < -0.4 is 4.74 Å². The summed E-state index contributed by atoms with van der Waals surface area (Å²) in [6.45, 7) is 0. The number of ether oxygens (including phenoxy) is 1. The lowest BCUT2D eigenvalue weighted by molar-refractivity contribution is 0.413. The van der Waals surface area contributed by atoms with Crippen molar-refractivity contribution in [2.24, 2.45) is 7.05 Å². The number of phenols is 1. The Labute approximate surface area is 138 Å². The van der Waals surface area contributed by atoms with E-state index >= 15 is 0 Å². The number of phenolic OH excluding ortho intramolecular Hbond substituents is 1. The number of H-pyrrole nitrogens is 1. The van der Waals surface area contributed by atoms with E-state index in [4.69, 9.17) is 4.74 Å². The lowest BCUT2D eigenvalue weighted by Gasteiger charge is -2.06. The van der Waals surface area contributed by atoms with Crippen LogP contribution in [0.15, 0.2) is 48.5 Å². The number of nitrogens with zero attached hydrogens (tertiary/aromatic N) is 3. The van der Waals surface area contributed by atoms with E-state index in [1.165, 1.54) is 0 Å². The number of aromatic nitrogens is 4. The van der Waals surface area contributed by atoms with Crippen LogP contribution in [0.4, 0.5) is 0 Å². The van der Waals surface area contributed by atoms with Crippen molar-refractivity contribution in [1.29, 1.82) is 0 Å². The maximum Gasteiger partial charge on any atom is 0.177 e. The standard InChI is InChI=1S/C18H16N4O2/c1-22-18-16(15(21-22)11-6-4-3-5-7-11)19-17(20-18)13-10-12(23)8-9-14(13)24-2/h3-10,23H,1-2H3,(H,19,20). The number of methoxy groups -OCH3 is 1. The fourth-order valence-corrected chi connectivity index (χ4v) is 2.82. The van der Waals surface area contributed by atoms with Crippen LogP contribution in [0, 0.1) is 0 Å². The van der Waals surface area contributed by atoms with Gasteiger partial charge in [-0.2, -0.15) is 5.10 Å². The second-order valence-electron chi connectivity index (χ2n) is 5.51. The predicted octanol–water partition coefficient (Wildman–Crippen LogP) is 3.34. The number of aryl methyl sites for hydroxylation is 1. The number of hydrogen-bond donors (Lipinski definition) is 2. The molecule has 24 heavy (non-hydrogen) atoms. The number of aromatic hydroxyl groups is 1. The molecule has 0 atom stereocenters.